The summed E-state index contributed by atoms with van der Waals surface area (Å²) in [6, 6.07) is 5.66. The first-order chi connectivity index (χ1) is 11.8. The van der Waals surface area contributed by atoms with E-state index >= 15 is 0 Å². The first-order valence-corrected chi connectivity index (χ1v) is 9.05. The van der Waals surface area contributed by atoms with E-state index in [1.54, 1.807) is 6.20 Å². The number of nitrogens with zero attached hydrogens (tertiary/aromatic N) is 3. The number of rotatable bonds is 3. The molecule has 0 atom stereocenters. The van der Waals surface area contributed by atoms with Gasteiger partial charge in [0.1, 0.15) is 5.69 Å². The van der Waals surface area contributed by atoms with Crippen LogP contribution in [0.25, 0.3) is 11.5 Å². The van der Waals surface area contributed by atoms with Crippen LogP contribution >= 0.6 is 0 Å². The zero-order valence-electron chi connectivity index (χ0n) is 14.0. The van der Waals surface area contributed by atoms with Crippen molar-refractivity contribution in [2.24, 2.45) is 5.92 Å². The largest absolute Gasteiger partial charge is 0.305 e. The standard InChI is InChI=1S/C19H24N4O/c24-19-15-9-11-23(12-14-6-2-1-3-7-14)13-17(15)21-18(22-19)16-8-4-5-10-20-16/h4-5,8,10,14H,1-3,6-7,9,11-13H2,(H,21,22,24). The van der Waals surface area contributed by atoms with Gasteiger partial charge in [0.2, 0.25) is 0 Å². The van der Waals surface area contributed by atoms with Crippen LogP contribution < -0.4 is 5.56 Å². The van der Waals surface area contributed by atoms with E-state index in [-0.39, 0.29) is 5.56 Å². The third-order valence-corrected chi connectivity index (χ3v) is 5.30. The van der Waals surface area contributed by atoms with Gasteiger partial charge >= 0.3 is 0 Å². The summed E-state index contributed by atoms with van der Waals surface area (Å²) in [4.78, 5) is 26.8. The Kier molecular flexibility index (Phi) is 4.43. The summed E-state index contributed by atoms with van der Waals surface area (Å²) in [5.74, 6) is 1.40. The van der Waals surface area contributed by atoms with E-state index in [0.717, 1.165) is 48.9 Å². The maximum atomic E-state index is 12.4. The van der Waals surface area contributed by atoms with Crippen molar-refractivity contribution in [1.82, 2.24) is 19.9 Å². The monoisotopic (exact) mass is 324 g/mol. The maximum absolute atomic E-state index is 12.4. The second-order valence-electron chi connectivity index (χ2n) is 7.04. The van der Waals surface area contributed by atoms with Crippen LogP contribution in [0.2, 0.25) is 0 Å². The highest BCUT2D eigenvalue weighted by atomic mass is 16.1. The summed E-state index contributed by atoms with van der Waals surface area (Å²) in [6.45, 7) is 2.90. The lowest BCUT2D eigenvalue weighted by molar-refractivity contribution is 0.184. The molecule has 0 unspecified atom stereocenters. The Morgan fingerprint density at radius 1 is 1.21 bits per heavy atom. The molecule has 0 aromatic carbocycles. The highest BCUT2D eigenvalue weighted by Gasteiger charge is 2.24. The fourth-order valence-corrected chi connectivity index (χ4v) is 4.01. The molecule has 0 saturated heterocycles. The highest BCUT2D eigenvalue weighted by Crippen LogP contribution is 2.26. The third-order valence-electron chi connectivity index (χ3n) is 5.30. The molecule has 126 valence electrons. The Morgan fingerprint density at radius 2 is 2.08 bits per heavy atom. The van der Waals surface area contributed by atoms with Crippen molar-refractivity contribution in [2.75, 3.05) is 13.1 Å². The summed E-state index contributed by atoms with van der Waals surface area (Å²) < 4.78 is 0. The van der Waals surface area contributed by atoms with Crippen LogP contribution in [0.4, 0.5) is 0 Å². The van der Waals surface area contributed by atoms with Crippen molar-refractivity contribution in [2.45, 2.75) is 45.1 Å². The minimum atomic E-state index is -0.00188. The van der Waals surface area contributed by atoms with Gasteiger partial charge in [0, 0.05) is 31.4 Å². The molecule has 2 aromatic heterocycles. The molecule has 0 amide bonds. The number of fused-ring (bicyclic) bond motifs is 1. The van der Waals surface area contributed by atoms with Crippen LogP contribution in [0.5, 0.6) is 0 Å². The van der Waals surface area contributed by atoms with Gasteiger partial charge < -0.3 is 4.98 Å². The van der Waals surface area contributed by atoms with Crippen LogP contribution in [0.1, 0.15) is 43.4 Å². The minimum Gasteiger partial charge on any atom is -0.305 e. The Balaban J connectivity index is 1.55. The van der Waals surface area contributed by atoms with Crippen molar-refractivity contribution in [3.05, 3.63) is 46.0 Å². The third kappa shape index (κ3) is 3.26. The summed E-state index contributed by atoms with van der Waals surface area (Å²) >= 11 is 0. The van der Waals surface area contributed by atoms with E-state index < -0.39 is 0 Å². The zero-order chi connectivity index (χ0) is 16.4. The Hall–Kier alpha value is -2.01. The normalized spacial score (nSPS) is 19.2. The summed E-state index contributed by atoms with van der Waals surface area (Å²) in [5.41, 5.74) is 2.51. The fraction of sp³-hybridized carbons (Fsp3) is 0.526. The number of pyridine rings is 1. The number of H-pyrrole nitrogens is 1. The summed E-state index contributed by atoms with van der Waals surface area (Å²) in [7, 11) is 0. The number of hydrogen-bond acceptors (Lipinski definition) is 4. The van der Waals surface area contributed by atoms with Crippen molar-refractivity contribution in [1.29, 1.82) is 0 Å². The second kappa shape index (κ2) is 6.85. The molecular weight excluding hydrogens is 300 g/mol. The van der Waals surface area contributed by atoms with Crippen LogP contribution in [-0.2, 0) is 13.0 Å². The Labute approximate surface area is 142 Å². The van der Waals surface area contributed by atoms with Gasteiger partial charge in [-0.1, -0.05) is 25.3 Å². The molecule has 0 radical (unpaired) electrons. The molecule has 5 nitrogen and oxygen atoms in total. The van der Waals surface area contributed by atoms with Crippen molar-refractivity contribution >= 4 is 0 Å². The molecule has 24 heavy (non-hydrogen) atoms. The molecule has 1 fully saturated rings. The first-order valence-electron chi connectivity index (χ1n) is 9.05. The summed E-state index contributed by atoms with van der Waals surface area (Å²) in [6.07, 6.45) is 9.37. The van der Waals surface area contributed by atoms with E-state index in [1.165, 1.54) is 32.1 Å². The SMILES string of the molecule is O=c1[nH]c(-c2ccccn2)nc2c1CCN(CC1CCCCC1)C2. The highest BCUT2D eigenvalue weighted by molar-refractivity contribution is 5.49. The van der Waals surface area contributed by atoms with Crippen LogP contribution in [0, 0.1) is 5.92 Å². The number of aromatic amines is 1. The number of aromatic nitrogens is 3. The van der Waals surface area contributed by atoms with Gasteiger partial charge in [-0.2, -0.15) is 0 Å². The van der Waals surface area contributed by atoms with Crippen molar-refractivity contribution < 1.29 is 0 Å². The van der Waals surface area contributed by atoms with E-state index in [9.17, 15) is 4.79 Å². The minimum absolute atomic E-state index is 0.00188. The fourth-order valence-electron chi connectivity index (χ4n) is 4.01. The van der Waals surface area contributed by atoms with Crippen LogP contribution in [-0.4, -0.2) is 32.9 Å². The van der Waals surface area contributed by atoms with Crippen molar-refractivity contribution in [3.63, 3.8) is 0 Å². The van der Waals surface area contributed by atoms with E-state index in [4.69, 9.17) is 4.98 Å². The molecule has 1 aliphatic heterocycles. The average Bonchev–Trinajstić information content (AvgIpc) is 2.63. The molecule has 5 heteroatoms. The predicted octanol–water partition coefficient (Wildman–Crippen LogP) is 2.77. The van der Waals surface area contributed by atoms with Crippen LogP contribution in [0.3, 0.4) is 0 Å². The molecular formula is C19H24N4O. The van der Waals surface area contributed by atoms with E-state index in [0.29, 0.717) is 5.82 Å². The Bertz CT molecular complexity index is 750. The molecule has 1 N–H and O–H groups in total. The molecule has 0 bridgehead atoms. The molecule has 4 rings (SSSR count). The maximum Gasteiger partial charge on any atom is 0.254 e. The van der Waals surface area contributed by atoms with Crippen molar-refractivity contribution in [3.8, 4) is 11.5 Å². The zero-order valence-corrected chi connectivity index (χ0v) is 14.0. The first kappa shape index (κ1) is 15.5. The van der Waals surface area contributed by atoms with Gasteiger partial charge in [0.25, 0.3) is 5.56 Å². The number of hydrogen-bond donors (Lipinski definition) is 1. The molecule has 0 spiro atoms. The summed E-state index contributed by atoms with van der Waals surface area (Å²) in [5, 5.41) is 0. The van der Waals surface area contributed by atoms with Gasteiger partial charge in [0.15, 0.2) is 5.82 Å². The molecule has 2 aromatic rings. The lowest BCUT2D eigenvalue weighted by atomic mass is 9.88. The quantitative estimate of drug-likeness (QED) is 0.943. The molecule has 3 heterocycles. The van der Waals surface area contributed by atoms with E-state index in [2.05, 4.69) is 14.9 Å². The smallest absolute Gasteiger partial charge is 0.254 e. The topological polar surface area (TPSA) is 61.9 Å². The van der Waals surface area contributed by atoms with E-state index in [1.807, 2.05) is 18.2 Å². The van der Waals surface area contributed by atoms with Gasteiger partial charge in [0.05, 0.1) is 5.69 Å². The van der Waals surface area contributed by atoms with Gasteiger partial charge in [-0.15, -0.1) is 0 Å². The molecule has 2 aliphatic rings. The molecule has 1 saturated carbocycles. The van der Waals surface area contributed by atoms with Crippen LogP contribution in [0.15, 0.2) is 29.2 Å². The average molecular weight is 324 g/mol. The lowest BCUT2D eigenvalue weighted by Crippen LogP contribution is -2.38. The van der Waals surface area contributed by atoms with Gasteiger partial charge in [-0.05, 0) is 37.3 Å². The molecule has 1 aliphatic carbocycles. The number of nitrogens with one attached hydrogen (secondary N) is 1. The predicted molar refractivity (Wildman–Crippen MR) is 93.6 cm³/mol. The lowest BCUT2D eigenvalue weighted by Gasteiger charge is -2.32. The second-order valence-corrected chi connectivity index (χ2v) is 7.04. The Morgan fingerprint density at radius 3 is 2.88 bits per heavy atom. The van der Waals surface area contributed by atoms with Gasteiger partial charge in [-0.3, -0.25) is 14.7 Å². The van der Waals surface area contributed by atoms with Gasteiger partial charge in [-0.25, -0.2) is 4.98 Å².